The Balaban J connectivity index is 1.39. The maximum absolute atomic E-state index is 6.72. The van der Waals surface area contributed by atoms with Crippen molar-refractivity contribution in [2.24, 2.45) is 0 Å². The SMILES string of the molecule is CCC1(CC)c2ccccc2-c2c1ccc1c2N(c2ccccc2)c2cc(-c3ccc4ccccc4c3)ccc2O1. The number of hydrogen-bond acceptors (Lipinski definition) is 2. The third-order valence-corrected chi connectivity index (χ3v) is 9.32. The van der Waals surface area contributed by atoms with Crippen LogP contribution in [0.2, 0.25) is 0 Å². The zero-order chi connectivity index (χ0) is 27.6. The lowest BCUT2D eigenvalue weighted by molar-refractivity contribution is 0.473. The molecule has 0 radical (unpaired) electrons. The summed E-state index contributed by atoms with van der Waals surface area (Å²) in [4.78, 5) is 2.43. The molecule has 1 aliphatic carbocycles. The number of rotatable bonds is 4. The summed E-state index contributed by atoms with van der Waals surface area (Å²) >= 11 is 0. The second-order valence-corrected chi connectivity index (χ2v) is 11.2. The normalized spacial score (nSPS) is 14.1. The van der Waals surface area contributed by atoms with Gasteiger partial charge in [-0.15, -0.1) is 0 Å². The molecule has 41 heavy (non-hydrogen) atoms. The number of ether oxygens (including phenoxy) is 1. The fourth-order valence-electron chi connectivity index (χ4n) is 7.23. The van der Waals surface area contributed by atoms with Gasteiger partial charge in [-0.2, -0.15) is 0 Å². The molecule has 0 aromatic heterocycles. The maximum atomic E-state index is 6.72. The van der Waals surface area contributed by atoms with Crippen LogP contribution in [0.3, 0.4) is 0 Å². The molecule has 0 saturated carbocycles. The van der Waals surface area contributed by atoms with E-state index in [1.165, 1.54) is 44.2 Å². The molecule has 0 fully saturated rings. The van der Waals surface area contributed by atoms with Crippen molar-refractivity contribution in [3.05, 3.63) is 139 Å². The van der Waals surface area contributed by atoms with E-state index in [0.29, 0.717) is 0 Å². The van der Waals surface area contributed by atoms with Gasteiger partial charge in [-0.25, -0.2) is 0 Å². The highest BCUT2D eigenvalue weighted by molar-refractivity contribution is 6.01. The minimum absolute atomic E-state index is 0.00344. The van der Waals surface area contributed by atoms with Gasteiger partial charge in [-0.05, 0) is 87.8 Å². The van der Waals surface area contributed by atoms with Crippen molar-refractivity contribution in [1.29, 1.82) is 0 Å². The molecule has 2 heteroatoms. The number of anilines is 3. The van der Waals surface area contributed by atoms with Gasteiger partial charge in [0.1, 0.15) is 0 Å². The minimum Gasteiger partial charge on any atom is -0.453 e. The van der Waals surface area contributed by atoms with E-state index in [1.54, 1.807) is 0 Å². The van der Waals surface area contributed by atoms with E-state index >= 15 is 0 Å². The molecule has 1 heterocycles. The smallest absolute Gasteiger partial charge is 0.152 e. The molecule has 198 valence electrons. The molecule has 2 aliphatic rings. The van der Waals surface area contributed by atoms with Crippen LogP contribution in [-0.4, -0.2) is 0 Å². The molecular formula is C39H31NO. The van der Waals surface area contributed by atoms with Crippen LogP contribution < -0.4 is 9.64 Å². The molecule has 0 N–H and O–H groups in total. The molecule has 6 aromatic rings. The van der Waals surface area contributed by atoms with E-state index < -0.39 is 0 Å². The van der Waals surface area contributed by atoms with Crippen molar-refractivity contribution >= 4 is 27.8 Å². The van der Waals surface area contributed by atoms with E-state index in [4.69, 9.17) is 4.74 Å². The first kappa shape index (κ1) is 24.0. The summed E-state index contributed by atoms with van der Waals surface area (Å²) in [6.07, 6.45) is 2.11. The quantitative estimate of drug-likeness (QED) is 0.225. The van der Waals surface area contributed by atoms with Crippen LogP contribution >= 0.6 is 0 Å². The van der Waals surface area contributed by atoms with Gasteiger partial charge in [0.15, 0.2) is 11.5 Å². The Kier molecular flexibility index (Phi) is 5.33. The molecule has 0 bridgehead atoms. The molecule has 1 aliphatic heterocycles. The summed E-state index contributed by atoms with van der Waals surface area (Å²) in [6.45, 7) is 4.65. The summed E-state index contributed by atoms with van der Waals surface area (Å²) in [5.74, 6) is 1.77. The lowest BCUT2D eigenvalue weighted by Gasteiger charge is -2.36. The Bertz CT molecular complexity index is 1950. The van der Waals surface area contributed by atoms with E-state index in [9.17, 15) is 0 Å². The molecule has 0 atom stereocenters. The number of benzene rings is 6. The average Bonchev–Trinajstić information content (AvgIpc) is 3.33. The van der Waals surface area contributed by atoms with Gasteiger partial charge in [0.2, 0.25) is 0 Å². The van der Waals surface area contributed by atoms with Gasteiger partial charge in [0, 0.05) is 16.7 Å². The van der Waals surface area contributed by atoms with E-state index in [2.05, 4.69) is 146 Å². The lowest BCUT2D eigenvalue weighted by Crippen LogP contribution is -2.23. The van der Waals surface area contributed by atoms with Crippen LogP contribution in [-0.2, 0) is 5.41 Å². The second-order valence-electron chi connectivity index (χ2n) is 11.2. The monoisotopic (exact) mass is 529 g/mol. The molecule has 0 amide bonds. The van der Waals surface area contributed by atoms with Crippen molar-refractivity contribution in [3.8, 4) is 33.8 Å². The Morgan fingerprint density at radius 2 is 1.27 bits per heavy atom. The van der Waals surface area contributed by atoms with Gasteiger partial charge < -0.3 is 9.64 Å². The average molecular weight is 530 g/mol. The maximum Gasteiger partial charge on any atom is 0.152 e. The minimum atomic E-state index is -0.00344. The summed E-state index contributed by atoms with van der Waals surface area (Å²) < 4.78 is 6.72. The standard InChI is InChI=1S/C39H31NO/c1-3-39(4-2)32-17-11-10-16-31(32)37-33(39)21-23-36-38(37)40(30-14-6-5-7-15-30)34-25-29(20-22-35(34)41-36)28-19-18-26-12-8-9-13-27(26)24-28/h5-25H,3-4H2,1-2H3. The van der Waals surface area contributed by atoms with Crippen LogP contribution in [0.1, 0.15) is 37.8 Å². The van der Waals surface area contributed by atoms with Crippen LogP contribution in [0.5, 0.6) is 11.5 Å². The van der Waals surface area contributed by atoms with Crippen LogP contribution in [0, 0.1) is 0 Å². The highest BCUT2D eigenvalue weighted by atomic mass is 16.5. The first-order chi connectivity index (χ1) is 20.2. The van der Waals surface area contributed by atoms with Crippen molar-refractivity contribution in [3.63, 3.8) is 0 Å². The number of hydrogen-bond donors (Lipinski definition) is 0. The lowest BCUT2D eigenvalue weighted by atomic mass is 9.74. The number of para-hydroxylation sites is 1. The Morgan fingerprint density at radius 3 is 2.10 bits per heavy atom. The van der Waals surface area contributed by atoms with Crippen molar-refractivity contribution < 1.29 is 4.74 Å². The largest absolute Gasteiger partial charge is 0.453 e. The van der Waals surface area contributed by atoms with Crippen molar-refractivity contribution in [1.82, 2.24) is 0 Å². The molecule has 2 nitrogen and oxygen atoms in total. The highest BCUT2D eigenvalue weighted by Crippen LogP contribution is 2.62. The molecule has 8 rings (SSSR count). The van der Waals surface area contributed by atoms with E-state index in [-0.39, 0.29) is 5.41 Å². The first-order valence-corrected chi connectivity index (χ1v) is 14.7. The molecule has 6 aromatic carbocycles. The van der Waals surface area contributed by atoms with E-state index in [1.807, 2.05) is 0 Å². The predicted molar refractivity (Wildman–Crippen MR) is 171 cm³/mol. The van der Waals surface area contributed by atoms with Crippen LogP contribution in [0.4, 0.5) is 17.1 Å². The molecule has 0 unspecified atom stereocenters. The number of nitrogens with zero attached hydrogens (tertiary/aromatic N) is 1. The topological polar surface area (TPSA) is 12.5 Å². The number of fused-ring (bicyclic) bond motifs is 7. The first-order valence-electron chi connectivity index (χ1n) is 14.7. The zero-order valence-corrected chi connectivity index (χ0v) is 23.4. The summed E-state index contributed by atoms with van der Waals surface area (Å²) in [5, 5.41) is 2.50. The summed E-state index contributed by atoms with van der Waals surface area (Å²) in [5.41, 5.74) is 11.1. The highest BCUT2D eigenvalue weighted by Gasteiger charge is 2.44. The van der Waals surface area contributed by atoms with Gasteiger partial charge in [-0.3, -0.25) is 0 Å². The molecule has 0 spiro atoms. The predicted octanol–water partition coefficient (Wildman–Crippen LogP) is 11.2. The molecule has 0 saturated heterocycles. The Labute approximate surface area is 241 Å². The fraction of sp³-hybridized carbons (Fsp3) is 0.128. The second kappa shape index (κ2) is 9.11. The Hall–Kier alpha value is -4.82. The molecular weight excluding hydrogens is 498 g/mol. The fourth-order valence-corrected chi connectivity index (χ4v) is 7.23. The third-order valence-electron chi connectivity index (χ3n) is 9.32. The zero-order valence-electron chi connectivity index (χ0n) is 23.4. The van der Waals surface area contributed by atoms with Gasteiger partial charge >= 0.3 is 0 Å². The van der Waals surface area contributed by atoms with Crippen molar-refractivity contribution in [2.75, 3.05) is 4.90 Å². The summed E-state index contributed by atoms with van der Waals surface area (Å²) in [6, 6.07) is 46.1. The summed E-state index contributed by atoms with van der Waals surface area (Å²) in [7, 11) is 0. The van der Waals surface area contributed by atoms with Crippen LogP contribution in [0.15, 0.2) is 127 Å². The van der Waals surface area contributed by atoms with Gasteiger partial charge in [0.05, 0.1) is 11.4 Å². The van der Waals surface area contributed by atoms with Gasteiger partial charge in [0.25, 0.3) is 0 Å². The van der Waals surface area contributed by atoms with Gasteiger partial charge in [-0.1, -0.05) is 105 Å². The Morgan fingerprint density at radius 1 is 0.585 bits per heavy atom. The van der Waals surface area contributed by atoms with Crippen molar-refractivity contribution in [2.45, 2.75) is 32.1 Å². The third kappa shape index (κ3) is 3.44. The van der Waals surface area contributed by atoms with E-state index in [0.717, 1.165) is 41.4 Å². The van der Waals surface area contributed by atoms with Crippen LogP contribution in [0.25, 0.3) is 33.0 Å².